The number of benzene rings is 2. The number of rotatable bonds is 2. The summed E-state index contributed by atoms with van der Waals surface area (Å²) >= 11 is 0. The third-order valence-electron chi connectivity index (χ3n) is 4.06. The van der Waals surface area contributed by atoms with E-state index in [1.807, 2.05) is 68.4 Å². The van der Waals surface area contributed by atoms with Crippen molar-refractivity contribution in [3.05, 3.63) is 65.7 Å². The molecule has 108 valence electrons. The second kappa shape index (κ2) is 4.62. The lowest BCUT2D eigenvalue weighted by molar-refractivity contribution is -0.145. The number of hydrogen-bond acceptors (Lipinski definition) is 2. The molecule has 0 fully saturated rings. The van der Waals surface area contributed by atoms with Gasteiger partial charge in [0.25, 0.3) is 0 Å². The van der Waals surface area contributed by atoms with Crippen molar-refractivity contribution in [2.75, 3.05) is 0 Å². The van der Waals surface area contributed by atoms with Gasteiger partial charge in [0.2, 0.25) is 0 Å². The quantitative estimate of drug-likeness (QED) is 0.915. The Morgan fingerprint density at radius 3 is 2.33 bits per heavy atom. The summed E-state index contributed by atoms with van der Waals surface area (Å²) in [5.74, 6) is -0.183. The zero-order valence-corrected chi connectivity index (χ0v) is 12.2. The summed E-state index contributed by atoms with van der Waals surface area (Å²) in [6.07, 6.45) is 0.399. The molecule has 0 amide bonds. The molecule has 0 aromatic heterocycles. The van der Waals surface area contributed by atoms with Crippen LogP contribution in [0.1, 0.15) is 31.4 Å². The molecule has 0 aliphatic carbocycles. The Kier molecular flexibility index (Phi) is 3.01. The molecule has 0 saturated heterocycles. The lowest BCUT2D eigenvalue weighted by atomic mass is 9.66. The first kappa shape index (κ1) is 13.7. The van der Waals surface area contributed by atoms with Crippen molar-refractivity contribution in [3.8, 4) is 5.75 Å². The minimum atomic E-state index is -1.07. The average Bonchev–Trinajstić information content (AvgIpc) is 2.46. The molecule has 21 heavy (non-hydrogen) atoms. The van der Waals surface area contributed by atoms with E-state index in [2.05, 4.69) is 0 Å². The maximum absolute atomic E-state index is 12.3. The highest BCUT2D eigenvalue weighted by Gasteiger charge is 2.51. The fourth-order valence-electron chi connectivity index (χ4n) is 3.27. The predicted molar refractivity (Wildman–Crippen MR) is 80.6 cm³/mol. The van der Waals surface area contributed by atoms with Crippen LogP contribution in [0.15, 0.2) is 54.6 Å². The van der Waals surface area contributed by atoms with Crippen LogP contribution in [0.2, 0.25) is 0 Å². The van der Waals surface area contributed by atoms with Crippen LogP contribution in [0.3, 0.4) is 0 Å². The number of carbonyl (C=O) groups is 1. The van der Waals surface area contributed by atoms with E-state index in [9.17, 15) is 9.90 Å². The van der Waals surface area contributed by atoms with Gasteiger partial charge in [-0.2, -0.15) is 0 Å². The van der Waals surface area contributed by atoms with Crippen LogP contribution < -0.4 is 4.74 Å². The number of carboxylic acid groups (broad SMARTS) is 1. The number of para-hydroxylation sites is 1. The fraction of sp³-hybridized carbons (Fsp3) is 0.278. The minimum Gasteiger partial charge on any atom is -0.487 e. The molecular weight excluding hydrogens is 264 g/mol. The summed E-state index contributed by atoms with van der Waals surface area (Å²) in [7, 11) is 0. The first-order valence-corrected chi connectivity index (χ1v) is 7.03. The van der Waals surface area contributed by atoms with Crippen molar-refractivity contribution in [1.29, 1.82) is 0 Å². The highest BCUT2D eigenvalue weighted by atomic mass is 16.5. The van der Waals surface area contributed by atoms with Crippen LogP contribution in [0.4, 0.5) is 0 Å². The zero-order valence-electron chi connectivity index (χ0n) is 12.2. The summed E-state index contributed by atoms with van der Waals surface area (Å²) in [6, 6.07) is 16.9. The van der Waals surface area contributed by atoms with Gasteiger partial charge in [0, 0.05) is 12.0 Å². The van der Waals surface area contributed by atoms with Gasteiger partial charge in [-0.05, 0) is 25.5 Å². The predicted octanol–water partition coefficient (Wildman–Crippen LogP) is 3.62. The van der Waals surface area contributed by atoms with E-state index in [1.54, 1.807) is 0 Å². The van der Waals surface area contributed by atoms with Crippen molar-refractivity contribution < 1.29 is 14.6 Å². The van der Waals surface area contributed by atoms with Gasteiger partial charge in [0.05, 0.1) is 0 Å². The van der Waals surface area contributed by atoms with Crippen molar-refractivity contribution in [2.45, 2.75) is 31.3 Å². The Balaban J connectivity index is 2.32. The van der Waals surface area contributed by atoms with Gasteiger partial charge in [-0.15, -0.1) is 0 Å². The monoisotopic (exact) mass is 282 g/mol. The Hall–Kier alpha value is -2.29. The highest BCUT2D eigenvalue weighted by Crippen LogP contribution is 2.48. The number of hydrogen-bond donors (Lipinski definition) is 1. The third-order valence-corrected chi connectivity index (χ3v) is 4.06. The van der Waals surface area contributed by atoms with E-state index in [0.29, 0.717) is 12.2 Å². The molecule has 3 nitrogen and oxygen atoms in total. The fourth-order valence-corrected chi connectivity index (χ4v) is 3.27. The van der Waals surface area contributed by atoms with Crippen LogP contribution in [0.25, 0.3) is 0 Å². The molecule has 1 aliphatic heterocycles. The van der Waals surface area contributed by atoms with E-state index < -0.39 is 17.0 Å². The molecule has 1 heterocycles. The first-order valence-electron chi connectivity index (χ1n) is 7.03. The maximum Gasteiger partial charge on any atom is 0.318 e. The van der Waals surface area contributed by atoms with Gasteiger partial charge >= 0.3 is 5.97 Å². The van der Waals surface area contributed by atoms with E-state index in [0.717, 1.165) is 11.1 Å². The Morgan fingerprint density at radius 1 is 1.05 bits per heavy atom. The second-order valence-electron chi connectivity index (χ2n) is 6.11. The van der Waals surface area contributed by atoms with E-state index in [4.69, 9.17) is 4.74 Å². The Morgan fingerprint density at radius 2 is 1.67 bits per heavy atom. The van der Waals surface area contributed by atoms with Crippen LogP contribution >= 0.6 is 0 Å². The second-order valence-corrected chi connectivity index (χ2v) is 6.11. The van der Waals surface area contributed by atoms with Crippen molar-refractivity contribution in [3.63, 3.8) is 0 Å². The summed E-state index contributed by atoms with van der Waals surface area (Å²) in [6.45, 7) is 3.87. The first-order chi connectivity index (χ1) is 9.96. The molecule has 1 unspecified atom stereocenters. The molecule has 1 aliphatic rings. The molecule has 3 heteroatoms. The van der Waals surface area contributed by atoms with E-state index >= 15 is 0 Å². The maximum atomic E-state index is 12.3. The number of ether oxygens (including phenoxy) is 1. The number of aliphatic carboxylic acids is 1. The lowest BCUT2D eigenvalue weighted by Gasteiger charge is -2.43. The third kappa shape index (κ3) is 2.09. The SMILES string of the molecule is CC1(C)CC(C(=O)O)(c2ccccc2)c2ccccc2O1. The summed E-state index contributed by atoms with van der Waals surface area (Å²) < 4.78 is 5.98. The smallest absolute Gasteiger partial charge is 0.318 e. The molecular formula is C18H18O3. The van der Waals surface area contributed by atoms with Gasteiger partial charge in [-0.3, -0.25) is 4.79 Å². The molecule has 1 atom stereocenters. The van der Waals surface area contributed by atoms with E-state index in [-0.39, 0.29) is 0 Å². The molecule has 0 spiro atoms. The van der Waals surface area contributed by atoms with Gasteiger partial charge < -0.3 is 9.84 Å². The summed E-state index contributed by atoms with van der Waals surface area (Å²) in [4.78, 5) is 12.3. The summed E-state index contributed by atoms with van der Waals surface area (Å²) in [5, 5.41) is 10.1. The number of fused-ring (bicyclic) bond motifs is 1. The zero-order chi connectivity index (χ0) is 15.1. The summed E-state index contributed by atoms with van der Waals surface area (Å²) in [5.41, 5.74) is -0.0910. The standard InChI is InChI=1S/C18H18O3/c1-17(2)12-18(16(19)20,13-8-4-3-5-9-13)14-10-6-7-11-15(14)21-17/h3-11H,12H2,1-2H3,(H,19,20). The lowest BCUT2D eigenvalue weighted by Crippen LogP contribution is -2.49. The highest BCUT2D eigenvalue weighted by molar-refractivity contribution is 5.87. The topological polar surface area (TPSA) is 46.5 Å². The van der Waals surface area contributed by atoms with Crippen LogP contribution in [-0.4, -0.2) is 16.7 Å². The van der Waals surface area contributed by atoms with Crippen molar-refractivity contribution in [1.82, 2.24) is 0 Å². The Bertz CT molecular complexity index is 676. The average molecular weight is 282 g/mol. The number of carboxylic acids is 1. The molecule has 0 bridgehead atoms. The van der Waals surface area contributed by atoms with Crippen LogP contribution in [-0.2, 0) is 10.2 Å². The van der Waals surface area contributed by atoms with Crippen molar-refractivity contribution in [2.24, 2.45) is 0 Å². The molecule has 0 radical (unpaired) electrons. The molecule has 2 aromatic carbocycles. The molecule has 0 saturated carbocycles. The van der Waals surface area contributed by atoms with Crippen molar-refractivity contribution >= 4 is 5.97 Å². The molecule has 1 N–H and O–H groups in total. The molecule has 3 rings (SSSR count). The normalized spacial score (nSPS) is 23.0. The van der Waals surface area contributed by atoms with Gasteiger partial charge in [0.1, 0.15) is 16.8 Å². The van der Waals surface area contributed by atoms with Gasteiger partial charge in [-0.1, -0.05) is 48.5 Å². The van der Waals surface area contributed by atoms with E-state index in [1.165, 1.54) is 0 Å². The van der Waals surface area contributed by atoms with Crippen LogP contribution in [0.5, 0.6) is 5.75 Å². The van der Waals surface area contributed by atoms with Gasteiger partial charge in [0.15, 0.2) is 0 Å². The Labute approximate surface area is 124 Å². The van der Waals surface area contributed by atoms with Gasteiger partial charge in [-0.25, -0.2) is 0 Å². The largest absolute Gasteiger partial charge is 0.487 e. The molecule has 2 aromatic rings. The van der Waals surface area contributed by atoms with Crippen LogP contribution in [0, 0.1) is 0 Å². The minimum absolute atomic E-state index is 0.399.